The number of halogens is 3. The van der Waals surface area contributed by atoms with E-state index in [-0.39, 0.29) is 16.5 Å². The molecule has 4 rings (SSSR count). The maximum Gasteiger partial charge on any atom is 0.325 e. The normalized spacial score (nSPS) is 15.9. The molecule has 0 bridgehead atoms. The first kappa shape index (κ1) is 24.8. The van der Waals surface area contributed by atoms with Crippen LogP contribution in [0.3, 0.4) is 0 Å². The number of hydrogen-bond acceptors (Lipinski definition) is 5. The summed E-state index contributed by atoms with van der Waals surface area (Å²) in [6, 6.07) is 8.54. The highest BCUT2D eigenvalue weighted by Crippen LogP contribution is 2.39. The third kappa shape index (κ3) is 4.89. The Bertz CT molecular complexity index is 1360. The Hall–Kier alpha value is -2.30. The van der Waals surface area contributed by atoms with E-state index in [4.69, 9.17) is 44.6 Å². The third-order valence-electron chi connectivity index (χ3n) is 5.64. The Morgan fingerprint density at radius 1 is 1.21 bits per heavy atom. The monoisotopic (exact) mass is 543 g/mol. The molecule has 0 radical (unpaired) electrons. The van der Waals surface area contributed by atoms with E-state index in [0.717, 1.165) is 5.69 Å². The quantitative estimate of drug-likeness (QED) is 0.426. The molecule has 1 aliphatic carbocycles. The number of sulfonamides is 1. The molecule has 180 valence electrons. The van der Waals surface area contributed by atoms with Crippen LogP contribution in [0.15, 0.2) is 47.5 Å². The number of benzene rings is 2. The molecule has 0 aliphatic heterocycles. The summed E-state index contributed by atoms with van der Waals surface area (Å²) >= 11 is 18.4. The minimum Gasteiger partial charge on any atom is -0.480 e. The molecule has 34 heavy (non-hydrogen) atoms. The number of nitrogens with zero attached hydrogens (tertiary/aromatic N) is 3. The van der Waals surface area contributed by atoms with E-state index in [1.54, 1.807) is 18.3 Å². The average Bonchev–Trinajstić information content (AvgIpc) is 3.17. The minimum absolute atomic E-state index is 0.00737. The van der Waals surface area contributed by atoms with Crippen LogP contribution in [0.1, 0.15) is 30.1 Å². The van der Waals surface area contributed by atoms with Crippen molar-refractivity contribution in [1.29, 1.82) is 0 Å². The molecule has 0 fully saturated rings. The molecule has 1 atom stereocenters. The van der Waals surface area contributed by atoms with Crippen molar-refractivity contribution in [3.05, 3.63) is 68.9 Å². The number of carboxylic acids is 1. The van der Waals surface area contributed by atoms with Crippen molar-refractivity contribution in [2.45, 2.75) is 36.7 Å². The Kier molecular flexibility index (Phi) is 7.12. The summed E-state index contributed by atoms with van der Waals surface area (Å²) in [6.45, 7) is -0.274. The molecule has 0 saturated carbocycles. The molecular formula is C22H20Cl3N3O5S. The topological polar surface area (TPSA) is 102 Å². The highest BCUT2D eigenvalue weighted by atomic mass is 35.5. The lowest BCUT2D eigenvalue weighted by atomic mass is 9.93. The zero-order valence-electron chi connectivity index (χ0n) is 17.9. The molecule has 1 aliphatic rings. The van der Waals surface area contributed by atoms with E-state index in [1.165, 1.54) is 40.3 Å². The first-order valence-corrected chi connectivity index (χ1v) is 12.8. The fourth-order valence-corrected chi connectivity index (χ4v) is 6.32. The van der Waals surface area contributed by atoms with Gasteiger partial charge in [-0.1, -0.05) is 34.8 Å². The van der Waals surface area contributed by atoms with Crippen LogP contribution in [0.4, 0.5) is 0 Å². The van der Waals surface area contributed by atoms with Crippen LogP contribution in [0, 0.1) is 0 Å². The van der Waals surface area contributed by atoms with Crippen LogP contribution >= 0.6 is 34.8 Å². The van der Waals surface area contributed by atoms with Crippen LogP contribution in [-0.2, 0) is 27.8 Å². The van der Waals surface area contributed by atoms with Gasteiger partial charge in [-0.15, -0.1) is 0 Å². The molecule has 0 unspecified atom stereocenters. The smallest absolute Gasteiger partial charge is 0.325 e. The van der Waals surface area contributed by atoms with Crippen molar-refractivity contribution in [2.75, 3.05) is 7.05 Å². The fourth-order valence-electron chi connectivity index (χ4n) is 4.00. The Balaban J connectivity index is 1.60. The summed E-state index contributed by atoms with van der Waals surface area (Å²) in [4.78, 5) is 11.0. The maximum atomic E-state index is 13.5. The van der Waals surface area contributed by atoms with Gasteiger partial charge < -0.3 is 9.84 Å². The van der Waals surface area contributed by atoms with Gasteiger partial charge in [0.2, 0.25) is 10.0 Å². The highest BCUT2D eigenvalue weighted by Gasteiger charge is 2.35. The predicted octanol–water partition coefficient (Wildman–Crippen LogP) is 5.42. The zero-order chi connectivity index (χ0) is 24.6. The van der Waals surface area contributed by atoms with E-state index in [2.05, 4.69) is 5.10 Å². The largest absolute Gasteiger partial charge is 0.480 e. The van der Waals surface area contributed by atoms with Gasteiger partial charge >= 0.3 is 5.97 Å². The summed E-state index contributed by atoms with van der Waals surface area (Å²) in [5.41, 5.74) is 1.43. The molecule has 0 spiro atoms. The summed E-state index contributed by atoms with van der Waals surface area (Å²) in [6.07, 6.45) is 3.45. The highest BCUT2D eigenvalue weighted by molar-refractivity contribution is 7.89. The van der Waals surface area contributed by atoms with E-state index >= 15 is 0 Å². The van der Waals surface area contributed by atoms with Crippen LogP contribution in [-0.4, -0.2) is 40.6 Å². The molecule has 12 heteroatoms. The Morgan fingerprint density at radius 2 is 1.97 bits per heavy atom. The molecule has 1 N–H and O–H groups in total. The summed E-state index contributed by atoms with van der Waals surface area (Å²) < 4.78 is 35.3. The van der Waals surface area contributed by atoms with Gasteiger partial charge in [0.1, 0.15) is 22.9 Å². The third-order valence-corrected chi connectivity index (χ3v) is 8.52. The van der Waals surface area contributed by atoms with Crippen molar-refractivity contribution in [2.24, 2.45) is 0 Å². The number of ether oxygens (including phenoxy) is 1. The second kappa shape index (κ2) is 9.75. The molecular weight excluding hydrogens is 525 g/mol. The van der Waals surface area contributed by atoms with Gasteiger partial charge in [-0.2, -0.15) is 9.40 Å². The number of rotatable bonds is 7. The number of carbonyl (C=O) groups is 1. The summed E-state index contributed by atoms with van der Waals surface area (Å²) in [5, 5.41) is 14.0. The predicted molar refractivity (Wildman–Crippen MR) is 128 cm³/mol. The number of carboxylic acid groups (broad SMARTS) is 1. The lowest BCUT2D eigenvalue weighted by molar-refractivity contribution is -0.137. The molecule has 0 amide bonds. The summed E-state index contributed by atoms with van der Waals surface area (Å²) in [5.74, 6) is -0.350. The SMILES string of the molecule is CN([C@@H]1CCCc2c1cnn2CC(=O)O)S(=O)(=O)c1ccc(Oc2ccc(Cl)cc2Cl)cc1Cl. The van der Waals surface area contributed by atoms with Gasteiger partial charge in [-0.3, -0.25) is 9.48 Å². The number of fused-ring (bicyclic) bond motifs is 1. The molecule has 1 heterocycles. The molecule has 1 aromatic heterocycles. The van der Waals surface area contributed by atoms with Crippen molar-refractivity contribution in [1.82, 2.24) is 14.1 Å². The van der Waals surface area contributed by atoms with Crippen LogP contribution in [0.2, 0.25) is 15.1 Å². The van der Waals surface area contributed by atoms with Crippen LogP contribution < -0.4 is 4.74 Å². The van der Waals surface area contributed by atoms with E-state index in [1.807, 2.05) is 0 Å². The average molecular weight is 545 g/mol. The van der Waals surface area contributed by atoms with Crippen molar-refractivity contribution in [3.63, 3.8) is 0 Å². The van der Waals surface area contributed by atoms with Crippen molar-refractivity contribution < 1.29 is 23.1 Å². The van der Waals surface area contributed by atoms with Crippen molar-refractivity contribution >= 4 is 50.8 Å². The van der Waals surface area contributed by atoms with Gasteiger partial charge in [0, 0.05) is 29.4 Å². The second-order valence-corrected chi connectivity index (χ2v) is 11.0. The fraction of sp³-hybridized carbons (Fsp3) is 0.273. The van der Waals surface area contributed by atoms with E-state index in [9.17, 15) is 13.2 Å². The van der Waals surface area contributed by atoms with E-state index < -0.39 is 22.0 Å². The Morgan fingerprint density at radius 3 is 2.65 bits per heavy atom. The van der Waals surface area contributed by atoms with Gasteiger partial charge in [-0.25, -0.2) is 8.42 Å². The maximum absolute atomic E-state index is 13.5. The van der Waals surface area contributed by atoms with E-state index in [0.29, 0.717) is 46.4 Å². The second-order valence-electron chi connectivity index (χ2n) is 7.80. The lowest BCUT2D eigenvalue weighted by Gasteiger charge is -2.31. The van der Waals surface area contributed by atoms with Crippen LogP contribution in [0.5, 0.6) is 11.5 Å². The van der Waals surface area contributed by atoms with Gasteiger partial charge in [-0.05, 0) is 49.6 Å². The van der Waals surface area contributed by atoms with Crippen molar-refractivity contribution in [3.8, 4) is 11.5 Å². The number of aromatic nitrogens is 2. The molecule has 0 saturated heterocycles. The molecule has 2 aromatic carbocycles. The van der Waals surface area contributed by atoms with Gasteiger partial charge in [0.15, 0.2) is 0 Å². The zero-order valence-corrected chi connectivity index (χ0v) is 21.0. The number of aliphatic carboxylic acids is 1. The van der Waals surface area contributed by atoms with Crippen LogP contribution in [0.25, 0.3) is 0 Å². The lowest BCUT2D eigenvalue weighted by Crippen LogP contribution is -2.33. The van der Waals surface area contributed by atoms with Gasteiger partial charge in [0.05, 0.1) is 22.3 Å². The summed E-state index contributed by atoms with van der Waals surface area (Å²) in [7, 11) is -2.50. The first-order valence-electron chi connectivity index (χ1n) is 10.2. The Labute approximate surface area is 211 Å². The molecule has 3 aromatic rings. The van der Waals surface area contributed by atoms with Gasteiger partial charge in [0.25, 0.3) is 0 Å². The molecule has 8 nitrogen and oxygen atoms in total. The standard InChI is InChI=1S/C22H20Cl3N3O5S/c1-27(18-3-2-4-19-15(18)11-26-28(19)12-22(29)30)34(31,32)21-8-6-14(10-17(21)25)33-20-7-5-13(23)9-16(20)24/h5-11,18H,2-4,12H2,1H3,(H,29,30)/t18-/m1/s1. The minimum atomic E-state index is -3.98. The first-order chi connectivity index (χ1) is 16.1. The number of hydrogen-bond donors (Lipinski definition) is 1.